The number of rotatable bonds is 10. The number of nitrogens with two attached hydrogens (primary N) is 1. The number of carbonyl (C=O) groups is 3. The number of ether oxygens (including phenoxy) is 3. The van der Waals surface area contributed by atoms with Crippen molar-refractivity contribution in [2.45, 2.75) is 70.3 Å². The zero-order valence-corrected chi connectivity index (χ0v) is 24.2. The van der Waals surface area contributed by atoms with Crippen LogP contribution in [0.2, 0.25) is 0 Å². The fourth-order valence-corrected chi connectivity index (χ4v) is 5.19. The van der Waals surface area contributed by atoms with E-state index in [-0.39, 0.29) is 35.4 Å². The first-order valence-corrected chi connectivity index (χ1v) is 13.9. The first kappa shape index (κ1) is 29.9. The fraction of sp³-hybridized carbons (Fsp3) is 0.625. The molecule has 0 aromatic carbocycles. The van der Waals surface area contributed by atoms with Crippen molar-refractivity contribution in [2.24, 2.45) is 5.16 Å². The molecule has 210 valence electrons. The van der Waals surface area contributed by atoms with Gasteiger partial charge in [-0.1, -0.05) is 5.16 Å². The van der Waals surface area contributed by atoms with Gasteiger partial charge in [0.05, 0.1) is 24.4 Å². The normalized spacial score (nSPS) is 20.0. The molecule has 1 saturated heterocycles. The molecule has 1 aromatic heterocycles. The van der Waals surface area contributed by atoms with Crippen molar-refractivity contribution in [3.8, 4) is 0 Å². The van der Waals surface area contributed by atoms with E-state index >= 15 is 0 Å². The van der Waals surface area contributed by atoms with E-state index in [9.17, 15) is 14.4 Å². The number of anilines is 1. The van der Waals surface area contributed by atoms with E-state index < -0.39 is 46.5 Å². The Hall–Kier alpha value is -2.68. The lowest BCUT2D eigenvalue weighted by atomic mass is 10.0. The van der Waals surface area contributed by atoms with Crippen LogP contribution in [0.5, 0.6) is 0 Å². The Balaban J connectivity index is 1.67. The summed E-state index contributed by atoms with van der Waals surface area (Å²) in [4.78, 5) is 49.3. The van der Waals surface area contributed by atoms with E-state index in [1.165, 1.54) is 23.8 Å². The standard InChI is InChI=1S/C24H35N5O7S2/c1-23(2,3)34-10-13(11-35-24(4,5)6)36-21(32)15-8-9-37-20-17(19(31)29(15)20)27-18(30)16(28-33-7)14-12-38-22(25)26-14/h8,12-13,17,20H,9-11H2,1-7H3,(H2,25,26)(H,27,30)/t17?,20-/m0/s1. The number of carbonyl (C=O) groups excluding carboxylic acids is 3. The fourth-order valence-electron chi connectivity index (χ4n) is 3.45. The number of oxime groups is 1. The average molecular weight is 570 g/mol. The number of hydrogen-bond acceptors (Lipinski definition) is 12. The summed E-state index contributed by atoms with van der Waals surface area (Å²) < 4.78 is 17.4. The minimum absolute atomic E-state index is 0.108. The third kappa shape index (κ3) is 7.68. The summed E-state index contributed by atoms with van der Waals surface area (Å²) in [7, 11) is 1.30. The van der Waals surface area contributed by atoms with Gasteiger partial charge in [0.25, 0.3) is 11.8 Å². The second kappa shape index (κ2) is 12.0. The Morgan fingerprint density at radius 3 is 2.37 bits per heavy atom. The van der Waals surface area contributed by atoms with Gasteiger partial charge in [-0.15, -0.1) is 23.1 Å². The number of β-lactam (4-membered cyclic amide) rings is 1. The number of fused-ring (bicyclic) bond motifs is 1. The highest BCUT2D eigenvalue weighted by atomic mass is 32.2. The number of hydrogen-bond donors (Lipinski definition) is 2. The lowest BCUT2D eigenvalue weighted by molar-refractivity contribution is -0.165. The van der Waals surface area contributed by atoms with E-state index in [4.69, 9.17) is 24.8 Å². The van der Waals surface area contributed by atoms with Crippen molar-refractivity contribution in [1.82, 2.24) is 15.2 Å². The molecular formula is C24H35N5O7S2. The monoisotopic (exact) mass is 569 g/mol. The molecule has 0 bridgehead atoms. The zero-order valence-electron chi connectivity index (χ0n) is 22.6. The van der Waals surface area contributed by atoms with Crippen LogP contribution in [0.1, 0.15) is 47.2 Å². The first-order chi connectivity index (χ1) is 17.7. The summed E-state index contributed by atoms with van der Waals surface area (Å²) in [5, 5.41) is 7.76. The quantitative estimate of drug-likeness (QED) is 0.185. The number of nitrogens with one attached hydrogen (secondary N) is 1. The second-order valence-electron chi connectivity index (χ2n) is 10.5. The molecule has 3 heterocycles. The average Bonchev–Trinajstić information content (AvgIpc) is 3.26. The smallest absolute Gasteiger partial charge is 0.355 e. The maximum absolute atomic E-state index is 13.2. The van der Waals surface area contributed by atoms with Gasteiger partial charge in [-0.2, -0.15) is 0 Å². The molecule has 1 aromatic rings. The Bertz CT molecular complexity index is 1090. The molecule has 12 nitrogen and oxygen atoms in total. The molecule has 3 rings (SSSR count). The van der Waals surface area contributed by atoms with Crippen LogP contribution in [0.4, 0.5) is 5.13 Å². The van der Waals surface area contributed by atoms with Crippen molar-refractivity contribution in [1.29, 1.82) is 0 Å². The van der Waals surface area contributed by atoms with Gasteiger partial charge in [0, 0.05) is 11.1 Å². The van der Waals surface area contributed by atoms with Crippen LogP contribution >= 0.6 is 23.1 Å². The molecule has 3 N–H and O–H groups in total. The molecule has 2 aliphatic rings. The number of thiazole rings is 1. The summed E-state index contributed by atoms with van der Waals surface area (Å²) in [5.41, 5.74) is 5.04. The van der Waals surface area contributed by atoms with Crippen LogP contribution < -0.4 is 11.1 Å². The van der Waals surface area contributed by atoms with Crippen LogP contribution in [0.15, 0.2) is 22.3 Å². The third-order valence-corrected chi connectivity index (χ3v) is 7.04. The molecule has 2 aliphatic heterocycles. The predicted molar refractivity (Wildman–Crippen MR) is 144 cm³/mol. The molecule has 1 fully saturated rings. The minimum Gasteiger partial charge on any atom is -0.453 e. The van der Waals surface area contributed by atoms with Gasteiger partial charge < -0.3 is 30.1 Å². The molecule has 0 radical (unpaired) electrons. The van der Waals surface area contributed by atoms with E-state index in [1.807, 2.05) is 41.5 Å². The summed E-state index contributed by atoms with van der Waals surface area (Å²) in [6.45, 7) is 11.7. The molecule has 0 aliphatic carbocycles. The Morgan fingerprint density at radius 1 is 1.21 bits per heavy atom. The highest BCUT2D eigenvalue weighted by Crippen LogP contribution is 2.38. The van der Waals surface area contributed by atoms with E-state index in [0.29, 0.717) is 5.75 Å². The maximum Gasteiger partial charge on any atom is 0.355 e. The number of aromatic nitrogens is 1. The largest absolute Gasteiger partial charge is 0.453 e. The summed E-state index contributed by atoms with van der Waals surface area (Å²) in [6.07, 6.45) is 0.960. The van der Waals surface area contributed by atoms with Gasteiger partial charge in [-0.05, 0) is 47.6 Å². The predicted octanol–water partition coefficient (Wildman–Crippen LogP) is 1.90. The number of thioether (sulfide) groups is 1. The van der Waals surface area contributed by atoms with Crippen molar-refractivity contribution < 1.29 is 33.4 Å². The highest BCUT2D eigenvalue weighted by Gasteiger charge is 2.53. The molecule has 14 heteroatoms. The first-order valence-electron chi connectivity index (χ1n) is 12.0. The van der Waals surface area contributed by atoms with Gasteiger partial charge in [-0.3, -0.25) is 14.5 Å². The van der Waals surface area contributed by atoms with Gasteiger partial charge in [0.2, 0.25) is 0 Å². The molecule has 0 saturated carbocycles. The maximum atomic E-state index is 13.2. The van der Waals surface area contributed by atoms with Gasteiger partial charge in [-0.25, -0.2) is 9.78 Å². The second-order valence-corrected chi connectivity index (χ2v) is 12.6. The Labute approximate surface area is 230 Å². The molecule has 0 spiro atoms. The van der Waals surface area contributed by atoms with E-state index in [0.717, 1.165) is 11.3 Å². The van der Waals surface area contributed by atoms with Crippen LogP contribution in [0.3, 0.4) is 0 Å². The summed E-state index contributed by atoms with van der Waals surface area (Å²) in [5.74, 6) is -1.29. The van der Waals surface area contributed by atoms with Crippen LogP contribution in [-0.2, 0) is 33.4 Å². The lowest BCUT2D eigenvalue weighted by Gasteiger charge is -2.48. The lowest BCUT2D eigenvalue weighted by Crippen LogP contribution is -2.70. The van der Waals surface area contributed by atoms with Crippen molar-refractivity contribution >= 4 is 51.7 Å². The van der Waals surface area contributed by atoms with Crippen molar-refractivity contribution in [3.05, 3.63) is 22.8 Å². The summed E-state index contributed by atoms with van der Waals surface area (Å²) in [6, 6.07) is -0.869. The van der Waals surface area contributed by atoms with Crippen molar-refractivity contribution in [2.75, 3.05) is 31.8 Å². The van der Waals surface area contributed by atoms with Gasteiger partial charge >= 0.3 is 5.97 Å². The Morgan fingerprint density at radius 2 is 1.84 bits per heavy atom. The molecule has 38 heavy (non-hydrogen) atoms. The zero-order chi connectivity index (χ0) is 28.3. The van der Waals surface area contributed by atoms with Crippen LogP contribution in [0.25, 0.3) is 0 Å². The topological polar surface area (TPSA) is 155 Å². The third-order valence-electron chi connectivity index (χ3n) is 5.18. The highest BCUT2D eigenvalue weighted by molar-refractivity contribution is 8.00. The van der Waals surface area contributed by atoms with Crippen LogP contribution in [0, 0.1) is 0 Å². The molecule has 2 amide bonds. The minimum atomic E-state index is -0.869. The van der Waals surface area contributed by atoms with Gasteiger partial charge in [0.15, 0.2) is 10.8 Å². The number of esters is 1. The molecule has 2 atom stereocenters. The van der Waals surface area contributed by atoms with Crippen molar-refractivity contribution in [3.63, 3.8) is 0 Å². The number of nitrogen functional groups attached to an aromatic ring is 1. The molecule has 1 unspecified atom stereocenters. The molecular weight excluding hydrogens is 534 g/mol. The number of nitrogens with zero attached hydrogens (tertiary/aromatic N) is 3. The number of amides is 2. The van der Waals surface area contributed by atoms with Gasteiger partial charge in [0.1, 0.15) is 36.0 Å². The van der Waals surface area contributed by atoms with Crippen LogP contribution in [-0.4, -0.2) is 88.2 Å². The SMILES string of the molecule is CON=C(C(=O)NC1C(=O)N2C(C(=O)OC(COC(C)(C)C)COC(C)(C)C)=CCS[C@@H]12)c1csc(N)n1. The Kier molecular flexibility index (Phi) is 9.44. The van der Waals surface area contributed by atoms with E-state index in [2.05, 4.69) is 15.5 Å². The van der Waals surface area contributed by atoms with E-state index in [1.54, 1.807) is 11.5 Å². The summed E-state index contributed by atoms with van der Waals surface area (Å²) >= 11 is 2.56.